The number of unbranched alkanes of at least 4 members (excludes halogenated alkanes) is 4. The first-order chi connectivity index (χ1) is 44.4. The van der Waals surface area contributed by atoms with E-state index in [1.165, 1.54) is 186 Å². The summed E-state index contributed by atoms with van der Waals surface area (Å²) in [6.45, 7) is 15.7. The lowest BCUT2D eigenvalue weighted by molar-refractivity contribution is 0.401. The average molecular weight is 1290 g/mol. The van der Waals surface area contributed by atoms with E-state index in [1.54, 1.807) is 0 Å². The number of thiophene rings is 3. The summed E-state index contributed by atoms with van der Waals surface area (Å²) in [6.07, 6.45) is 11.8. The molecule has 0 saturated carbocycles. The summed E-state index contributed by atoms with van der Waals surface area (Å²) in [4.78, 5) is 23.4. The third-order valence-corrected chi connectivity index (χ3v) is 25.4. The molecule has 12 aromatic rings. The Morgan fingerprint density at radius 1 is 0.333 bits per heavy atom. The molecule has 8 aromatic carbocycles. The first-order valence-electron chi connectivity index (χ1n) is 32.8. The maximum absolute atomic E-state index is 2.74. The number of aromatic nitrogens is 1. The molecule has 0 saturated heterocycles. The molecular formula is C80H76N4S6. The molecule has 0 N–H and O–H groups in total. The number of hydrogen-bond acceptors (Lipinski definition) is 9. The summed E-state index contributed by atoms with van der Waals surface area (Å²) in [7, 11) is 0. The minimum Gasteiger partial charge on any atom is -0.340 e. The van der Waals surface area contributed by atoms with Crippen LogP contribution in [-0.4, -0.2) is 24.2 Å². The van der Waals surface area contributed by atoms with Crippen LogP contribution in [0.5, 0.6) is 0 Å². The molecule has 0 aliphatic carbocycles. The summed E-state index contributed by atoms with van der Waals surface area (Å²) in [5.74, 6) is 0.563. The van der Waals surface area contributed by atoms with Crippen LogP contribution in [-0.2, 0) is 6.54 Å². The predicted molar refractivity (Wildman–Crippen MR) is 396 cm³/mol. The molecule has 90 heavy (non-hydrogen) atoms. The van der Waals surface area contributed by atoms with Crippen LogP contribution in [0.15, 0.2) is 223 Å². The Balaban J connectivity index is 0.854. The van der Waals surface area contributed by atoms with Gasteiger partial charge in [-0.15, -0.1) is 34.0 Å². The largest absolute Gasteiger partial charge is 0.340 e. The van der Waals surface area contributed by atoms with E-state index < -0.39 is 0 Å². The van der Waals surface area contributed by atoms with Gasteiger partial charge < -0.3 is 19.3 Å². The van der Waals surface area contributed by atoms with Crippen molar-refractivity contribution in [3.05, 3.63) is 194 Å². The van der Waals surface area contributed by atoms with E-state index in [9.17, 15) is 0 Å². The number of hydrogen-bond donors (Lipinski definition) is 0. The fourth-order valence-corrected chi connectivity index (χ4v) is 20.1. The predicted octanol–water partition coefficient (Wildman–Crippen LogP) is 26.4. The Kier molecular flexibility index (Phi) is 17.2. The molecule has 1 atom stereocenters. The number of fused-ring (bicyclic) bond motifs is 9. The second-order valence-electron chi connectivity index (χ2n) is 24.4. The number of benzene rings is 8. The van der Waals surface area contributed by atoms with Gasteiger partial charge in [0.2, 0.25) is 0 Å². The monoisotopic (exact) mass is 1280 g/mol. The lowest BCUT2D eigenvalue weighted by Crippen LogP contribution is -2.21. The van der Waals surface area contributed by atoms with Crippen molar-refractivity contribution in [2.75, 3.05) is 34.3 Å². The van der Waals surface area contributed by atoms with Crippen LogP contribution in [0.25, 0.3) is 84.4 Å². The van der Waals surface area contributed by atoms with Crippen molar-refractivity contribution in [1.29, 1.82) is 0 Å². The molecular weight excluding hydrogens is 1210 g/mol. The van der Waals surface area contributed by atoms with Gasteiger partial charge in [-0.05, 0) is 193 Å². The van der Waals surface area contributed by atoms with E-state index in [0.29, 0.717) is 5.92 Å². The van der Waals surface area contributed by atoms with Crippen molar-refractivity contribution in [2.45, 2.75) is 135 Å². The maximum Gasteiger partial charge on any atom is 0.0579 e. The number of nitrogens with zero attached hydrogens (tertiary/aromatic N) is 4. The van der Waals surface area contributed by atoms with Gasteiger partial charge >= 0.3 is 0 Å². The van der Waals surface area contributed by atoms with Crippen molar-refractivity contribution in [3.63, 3.8) is 0 Å². The van der Waals surface area contributed by atoms with Crippen LogP contribution >= 0.6 is 69.3 Å². The van der Waals surface area contributed by atoms with E-state index >= 15 is 0 Å². The molecule has 1 unspecified atom stereocenters. The topological polar surface area (TPSA) is 14.7 Å². The molecule has 0 spiro atoms. The van der Waals surface area contributed by atoms with Crippen LogP contribution in [0.2, 0.25) is 0 Å². The SMILES string of the molecule is CCCCC(CC)Cn1c2ccc(-c3ccc(-c4ccc5c(c4)Sc4ccccc4N5CCCC)s3)cc2c2cc(-c3ccc(-c4ccc5c(c4)Sc4ccccc4N5CCCC)s3)cc(-c3ccc(-c4ccc5c(c4)Sc4ccccc4N5CCCC)s3)c21. The van der Waals surface area contributed by atoms with Crippen LogP contribution in [0, 0.1) is 5.92 Å². The highest BCUT2D eigenvalue weighted by Crippen LogP contribution is 2.55. The van der Waals surface area contributed by atoms with Gasteiger partial charge in [0, 0.05) is 107 Å². The molecule has 10 heteroatoms. The summed E-state index contributed by atoms with van der Waals surface area (Å²) < 4.78 is 2.74. The molecule has 0 bridgehead atoms. The van der Waals surface area contributed by atoms with Gasteiger partial charge in [0.1, 0.15) is 0 Å². The molecule has 7 heterocycles. The Morgan fingerprint density at radius 2 is 0.711 bits per heavy atom. The summed E-state index contributed by atoms with van der Waals surface area (Å²) in [5, 5.41) is 2.66. The smallest absolute Gasteiger partial charge is 0.0579 e. The van der Waals surface area contributed by atoms with Gasteiger partial charge in [0.25, 0.3) is 0 Å². The van der Waals surface area contributed by atoms with Gasteiger partial charge in [-0.25, -0.2) is 0 Å². The van der Waals surface area contributed by atoms with Crippen molar-refractivity contribution in [3.8, 4) is 62.6 Å². The van der Waals surface area contributed by atoms with Crippen molar-refractivity contribution < 1.29 is 0 Å². The normalized spacial score (nSPS) is 13.5. The fraction of sp³-hybridized carbons (Fsp3) is 0.250. The van der Waals surface area contributed by atoms with Gasteiger partial charge in [0.05, 0.1) is 39.6 Å². The highest BCUT2D eigenvalue weighted by Gasteiger charge is 2.29. The van der Waals surface area contributed by atoms with Crippen LogP contribution in [0.4, 0.5) is 34.1 Å². The van der Waals surface area contributed by atoms with E-state index in [0.717, 1.165) is 51.9 Å². The highest BCUT2D eigenvalue weighted by atomic mass is 32.2. The van der Waals surface area contributed by atoms with Crippen LogP contribution in [0.3, 0.4) is 0 Å². The van der Waals surface area contributed by atoms with Crippen molar-refractivity contribution in [1.82, 2.24) is 4.57 Å². The zero-order chi connectivity index (χ0) is 60.8. The minimum atomic E-state index is 0.563. The molecule has 4 nitrogen and oxygen atoms in total. The average Bonchev–Trinajstić information content (AvgIpc) is 1.55. The molecule has 4 aromatic heterocycles. The van der Waals surface area contributed by atoms with E-state index in [4.69, 9.17) is 0 Å². The third kappa shape index (κ3) is 11.2. The highest BCUT2D eigenvalue weighted by molar-refractivity contribution is 8.00. The zero-order valence-corrected chi connectivity index (χ0v) is 57.1. The van der Waals surface area contributed by atoms with Gasteiger partial charge in [-0.3, -0.25) is 0 Å². The number of anilines is 6. The Bertz CT molecular complexity index is 4620. The van der Waals surface area contributed by atoms with Crippen LogP contribution in [0.1, 0.15) is 98.8 Å². The Morgan fingerprint density at radius 3 is 1.16 bits per heavy atom. The summed E-state index contributed by atoms with van der Waals surface area (Å²) >= 11 is 11.5. The number of rotatable bonds is 21. The van der Waals surface area contributed by atoms with Crippen LogP contribution < -0.4 is 14.7 Å². The Hall–Kier alpha value is -6.89. The molecule has 452 valence electrons. The second kappa shape index (κ2) is 26.0. The van der Waals surface area contributed by atoms with Gasteiger partial charge in [-0.2, -0.15) is 0 Å². The third-order valence-electron chi connectivity index (χ3n) is 18.5. The van der Waals surface area contributed by atoms with E-state index in [-0.39, 0.29) is 0 Å². The van der Waals surface area contributed by atoms with Gasteiger partial charge in [0.15, 0.2) is 0 Å². The summed E-state index contributed by atoms with van der Waals surface area (Å²) in [5.41, 5.74) is 18.3. The lowest BCUT2D eigenvalue weighted by atomic mass is 9.98. The van der Waals surface area contributed by atoms with Crippen molar-refractivity contribution >= 4 is 125 Å². The molecule has 0 radical (unpaired) electrons. The standard InChI is InChI=1S/C80H76N4S6/c1-6-11-21-52(10-5)51-84-61-32-28-53(68-36-37-69(85-68)54-29-33-65-77(48-54)88-74-25-18-15-22-62(74)81(65)42-12-7-2)45-58(61)59-46-57(72-39-38-70(86-72)55-30-34-66-78(49-55)89-75-26-19-16-23-63(75)82(66)43-13-8-3)47-60(80(59)84)73-41-40-71(87-73)56-31-35-67-79(50-56)90-76-27-20-17-24-64(76)83(67)44-14-9-4/h15-20,22-41,45-50,52H,6-14,21,42-44,51H2,1-5H3. The molecule has 3 aliphatic rings. The second-order valence-corrected chi connectivity index (χ2v) is 30.9. The maximum atomic E-state index is 2.74. The molecule has 15 rings (SSSR count). The Labute approximate surface area is 557 Å². The summed E-state index contributed by atoms with van der Waals surface area (Å²) in [6, 6.07) is 75.3. The minimum absolute atomic E-state index is 0.563. The zero-order valence-electron chi connectivity index (χ0n) is 52.2. The van der Waals surface area contributed by atoms with Crippen molar-refractivity contribution in [2.24, 2.45) is 5.92 Å². The van der Waals surface area contributed by atoms with E-state index in [2.05, 4.69) is 248 Å². The number of para-hydroxylation sites is 3. The first kappa shape index (κ1) is 59.4. The molecule has 3 aliphatic heterocycles. The molecule has 0 fully saturated rings. The first-order valence-corrected chi connectivity index (χ1v) is 37.7. The molecule has 0 amide bonds. The lowest BCUT2D eigenvalue weighted by Gasteiger charge is -2.33. The van der Waals surface area contributed by atoms with Gasteiger partial charge in [-0.1, -0.05) is 169 Å². The quantitative estimate of drug-likeness (QED) is 0.0707. The fourth-order valence-electron chi connectivity index (χ4n) is 13.7. The van der Waals surface area contributed by atoms with E-state index in [1.807, 2.05) is 69.3 Å².